The van der Waals surface area contributed by atoms with E-state index in [0.29, 0.717) is 12.5 Å². The first-order chi connectivity index (χ1) is 6.90. The molecule has 1 unspecified atom stereocenters. The first-order valence-corrected chi connectivity index (χ1v) is 5.94. The van der Waals surface area contributed by atoms with Crippen molar-refractivity contribution in [2.24, 2.45) is 5.73 Å². The second-order valence-corrected chi connectivity index (χ2v) is 4.76. The van der Waals surface area contributed by atoms with Gasteiger partial charge in [-0.25, -0.2) is 4.98 Å². The number of thiazole rings is 1. The second-order valence-electron chi connectivity index (χ2n) is 3.62. The van der Waals surface area contributed by atoms with Crippen molar-refractivity contribution in [1.82, 2.24) is 4.98 Å². The summed E-state index contributed by atoms with van der Waals surface area (Å²) in [6.07, 6.45) is 5.29. The fraction of sp³-hybridized carbons (Fsp3) is 0.700. The molecule has 0 aliphatic carbocycles. The van der Waals surface area contributed by atoms with Gasteiger partial charge < -0.3 is 10.5 Å². The van der Waals surface area contributed by atoms with Crippen molar-refractivity contribution in [2.75, 3.05) is 19.8 Å². The van der Waals surface area contributed by atoms with Crippen molar-refractivity contribution in [1.29, 1.82) is 0 Å². The average Bonchev–Trinajstić information content (AvgIpc) is 2.68. The highest BCUT2D eigenvalue weighted by Crippen LogP contribution is 2.28. The molecule has 2 N–H and O–H groups in total. The molecule has 1 aliphatic heterocycles. The van der Waals surface area contributed by atoms with Crippen LogP contribution in [0.2, 0.25) is 0 Å². The highest BCUT2D eigenvalue weighted by atomic mass is 32.1. The Bertz CT molecular complexity index is 281. The van der Waals surface area contributed by atoms with Gasteiger partial charge in [0.15, 0.2) is 0 Å². The molecular weight excluding hydrogens is 196 g/mol. The van der Waals surface area contributed by atoms with Crippen LogP contribution in [0.25, 0.3) is 0 Å². The van der Waals surface area contributed by atoms with Gasteiger partial charge in [0.05, 0.1) is 11.6 Å². The summed E-state index contributed by atoms with van der Waals surface area (Å²) in [6.45, 7) is 2.47. The van der Waals surface area contributed by atoms with E-state index in [-0.39, 0.29) is 0 Å². The predicted molar refractivity (Wildman–Crippen MR) is 57.7 cm³/mol. The van der Waals surface area contributed by atoms with E-state index in [2.05, 4.69) is 4.98 Å². The van der Waals surface area contributed by atoms with E-state index in [1.165, 1.54) is 16.3 Å². The number of aromatic nitrogens is 1. The molecule has 0 aromatic carbocycles. The van der Waals surface area contributed by atoms with Crippen LogP contribution in [-0.4, -0.2) is 24.7 Å². The minimum Gasteiger partial charge on any atom is -0.381 e. The summed E-state index contributed by atoms with van der Waals surface area (Å²) in [4.78, 5) is 5.74. The Morgan fingerprint density at radius 1 is 1.64 bits per heavy atom. The molecule has 0 spiro atoms. The van der Waals surface area contributed by atoms with Crippen LogP contribution >= 0.6 is 11.3 Å². The topological polar surface area (TPSA) is 48.1 Å². The second kappa shape index (κ2) is 4.87. The van der Waals surface area contributed by atoms with Crippen molar-refractivity contribution in [3.8, 4) is 0 Å². The summed E-state index contributed by atoms with van der Waals surface area (Å²) >= 11 is 1.79. The van der Waals surface area contributed by atoms with Gasteiger partial charge in [0.25, 0.3) is 0 Å². The Labute approximate surface area is 88.3 Å². The number of ether oxygens (including phenoxy) is 1. The normalized spacial score (nSPS) is 22.5. The zero-order valence-corrected chi connectivity index (χ0v) is 9.05. The molecule has 0 saturated carbocycles. The smallest absolute Gasteiger partial charge is 0.0981 e. The van der Waals surface area contributed by atoms with Crippen molar-refractivity contribution >= 4 is 11.3 Å². The number of hydrogen-bond acceptors (Lipinski definition) is 4. The van der Waals surface area contributed by atoms with E-state index in [9.17, 15) is 0 Å². The largest absolute Gasteiger partial charge is 0.381 e. The molecule has 0 bridgehead atoms. The van der Waals surface area contributed by atoms with Crippen molar-refractivity contribution < 1.29 is 4.74 Å². The average molecular weight is 212 g/mol. The molecule has 4 heteroatoms. The number of rotatable bonds is 3. The Morgan fingerprint density at radius 2 is 2.57 bits per heavy atom. The SMILES string of the molecule is NCCc1cnc(C2CCCOC2)s1. The number of nitrogens with zero attached hydrogens (tertiary/aromatic N) is 1. The molecule has 0 radical (unpaired) electrons. The molecule has 2 rings (SSSR count). The summed E-state index contributed by atoms with van der Waals surface area (Å²) in [6, 6.07) is 0. The fourth-order valence-corrected chi connectivity index (χ4v) is 2.76. The summed E-state index contributed by atoms with van der Waals surface area (Å²) in [5, 5.41) is 1.23. The van der Waals surface area contributed by atoms with E-state index in [0.717, 1.165) is 26.1 Å². The van der Waals surface area contributed by atoms with Gasteiger partial charge in [-0.2, -0.15) is 0 Å². The van der Waals surface area contributed by atoms with Gasteiger partial charge in [-0.3, -0.25) is 0 Å². The Balaban J connectivity index is 2.00. The Hall–Kier alpha value is -0.450. The van der Waals surface area contributed by atoms with E-state index in [4.69, 9.17) is 10.5 Å². The lowest BCUT2D eigenvalue weighted by Gasteiger charge is -2.19. The van der Waals surface area contributed by atoms with Gasteiger partial charge in [0.2, 0.25) is 0 Å². The molecule has 1 aromatic rings. The van der Waals surface area contributed by atoms with E-state index < -0.39 is 0 Å². The van der Waals surface area contributed by atoms with Gasteiger partial charge in [-0.05, 0) is 25.8 Å². The van der Waals surface area contributed by atoms with Gasteiger partial charge in [-0.15, -0.1) is 11.3 Å². The maximum absolute atomic E-state index is 5.50. The quantitative estimate of drug-likeness (QED) is 0.826. The molecule has 1 aliphatic rings. The summed E-state index contributed by atoms with van der Waals surface area (Å²) in [5.74, 6) is 0.528. The van der Waals surface area contributed by atoms with E-state index >= 15 is 0 Å². The highest BCUT2D eigenvalue weighted by Gasteiger charge is 2.18. The molecule has 0 amide bonds. The van der Waals surface area contributed by atoms with Crippen LogP contribution in [0, 0.1) is 0 Å². The standard InChI is InChI=1S/C10H16N2OS/c11-4-3-9-6-12-10(14-9)8-2-1-5-13-7-8/h6,8H,1-5,7,11H2. The van der Waals surface area contributed by atoms with Crippen molar-refractivity contribution in [3.05, 3.63) is 16.1 Å². The molecule has 1 fully saturated rings. The molecule has 3 nitrogen and oxygen atoms in total. The zero-order chi connectivity index (χ0) is 9.80. The Kier molecular flexibility index (Phi) is 3.50. The number of hydrogen-bond donors (Lipinski definition) is 1. The van der Waals surface area contributed by atoms with Crippen molar-refractivity contribution in [2.45, 2.75) is 25.2 Å². The van der Waals surface area contributed by atoms with Crippen LogP contribution in [-0.2, 0) is 11.2 Å². The summed E-state index contributed by atoms with van der Waals surface area (Å²) < 4.78 is 5.45. The van der Waals surface area contributed by atoms with Gasteiger partial charge >= 0.3 is 0 Å². The molecule has 1 atom stereocenters. The van der Waals surface area contributed by atoms with E-state index in [1.807, 2.05) is 6.20 Å². The third-order valence-electron chi connectivity index (χ3n) is 2.47. The molecule has 2 heterocycles. The lowest BCUT2D eigenvalue weighted by atomic mass is 10.0. The Morgan fingerprint density at radius 3 is 3.29 bits per heavy atom. The molecule has 14 heavy (non-hydrogen) atoms. The van der Waals surface area contributed by atoms with E-state index in [1.54, 1.807) is 11.3 Å². The molecular formula is C10H16N2OS. The fourth-order valence-electron chi connectivity index (χ4n) is 1.70. The monoisotopic (exact) mass is 212 g/mol. The van der Waals surface area contributed by atoms with Crippen LogP contribution in [0.3, 0.4) is 0 Å². The highest BCUT2D eigenvalue weighted by molar-refractivity contribution is 7.11. The summed E-state index contributed by atoms with van der Waals surface area (Å²) in [5.41, 5.74) is 5.50. The van der Waals surface area contributed by atoms with Gasteiger partial charge in [0.1, 0.15) is 0 Å². The predicted octanol–water partition coefficient (Wildman–Crippen LogP) is 1.54. The van der Waals surface area contributed by atoms with Gasteiger partial charge in [-0.1, -0.05) is 0 Å². The summed E-state index contributed by atoms with van der Waals surface area (Å²) in [7, 11) is 0. The van der Waals surface area contributed by atoms with Crippen LogP contribution in [0.1, 0.15) is 28.6 Å². The maximum Gasteiger partial charge on any atom is 0.0981 e. The lowest BCUT2D eigenvalue weighted by Crippen LogP contribution is -2.15. The first kappa shape index (κ1) is 10.1. The van der Waals surface area contributed by atoms with Crippen molar-refractivity contribution in [3.63, 3.8) is 0 Å². The third-order valence-corrected chi connectivity index (χ3v) is 3.69. The molecule has 78 valence electrons. The van der Waals surface area contributed by atoms with Crippen LogP contribution in [0.4, 0.5) is 0 Å². The van der Waals surface area contributed by atoms with Crippen LogP contribution in [0.15, 0.2) is 6.20 Å². The minimum absolute atomic E-state index is 0.528. The molecule has 1 saturated heterocycles. The maximum atomic E-state index is 5.50. The minimum atomic E-state index is 0.528. The number of nitrogens with two attached hydrogens (primary N) is 1. The molecule has 1 aromatic heterocycles. The third kappa shape index (κ3) is 2.32. The van der Waals surface area contributed by atoms with Crippen LogP contribution in [0.5, 0.6) is 0 Å². The first-order valence-electron chi connectivity index (χ1n) is 5.12. The van der Waals surface area contributed by atoms with Gasteiger partial charge in [0, 0.05) is 23.6 Å². The lowest BCUT2D eigenvalue weighted by molar-refractivity contribution is 0.0804. The zero-order valence-electron chi connectivity index (χ0n) is 8.24. The van der Waals surface area contributed by atoms with Crippen LogP contribution < -0.4 is 5.73 Å².